The van der Waals surface area contributed by atoms with Crippen LogP contribution in [-0.4, -0.2) is 21.1 Å². The molecule has 1 heterocycles. The molecule has 82 valence electrons. The van der Waals surface area contributed by atoms with Crippen LogP contribution in [0.15, 0.2) is 16.8 Å². The van der Waals surface area contributed by atoms with Gasteiger partial charge in [-0.1, -0.05) is 30.9 Å². The zero-order chi connectivity index (χ0) is 11.3. The molecule has 0 saturated heterocycles. The second kappa shape index (κ2) is 6.09. The van der Waals surface area contributed by atoms with Crippen LogP contribution in [-0.2, 0) is 4.79 Å². The fourth-order valence-corrected chi connectivity index (χ4v) is 2.64. The predicted molar refractivity (Wildman–Crippen MR) is 68.6 cm³/mol. The molecule has 1 atom stereocenters. The molecule has 0 aliphatic heterocycles. The minimum atomic E-state index is -0.910. The third-order valence-electron chi connectivity index (χ3n) is 1.66. The Balaban J connectivity index is 2.68. The Hall–Kier alpha value is -0.590. The number of hydrogen-bond donors (Lipinski definition) is 2. The van der Waals surface area contributed by atoms with E-state index in [-0.39, 0.29) is 0 Å². The summed E-state index contributed by atoms with van der Waals surface area (Å²) in [6, 6.07) is 1.05. The Morgan fingerprint density at radius 2 is 2.53 bits per heavy atom. The van der Waals surface area contributed by atoms with Crippen LogP contribution < -0.4 is 5.32 Å². The number of rotatable bonds is 4. The predicted octanol–water partition coefficient (Wildman–Crippen LogP) is 2.50. The molecule has 1 aromatic rings. The summed E-state index contributed by atoms with van der Waals surface area (Å²) in [6.07, 6.45) is 0. The van der Waals surface area contributed by atoms with E-state index < -0.39 is 12.0 Å². The Labute approximate surface area is 102 Å². The van der Waals surface area contributed by atoms with Gasteiger partial charge in [-0.05, 0) is 28.1 Å². The van der Waals surface area contributed by atoms with Crippen LogP contribution in [0.4, 0.5) is 0 Å². The van der Waals surface area contributed by atoms with E-state index in [1.165, 1.54) is 23.1 Å². The Bertz CT molecular complexity index is 337. The Morgan fingerprint density at radius 1 is 1.80 bits per heavy atom. The zero-order valence-electron chi connectivity index (χ0n) is 8.10. The van der Waals surface area contributed by atoms with Crippen LogP contribution in [0.3, 0.4) is 0 Å². The minimum absolute atomic E-state index is 0.524. The highest BCUT2D eigenvalue weighted by atomic mass is 32.2. The normalized spacial score (nSPS) is 12.1. The highest BCUT2D eigenvalue weighted by molar-refractivity contribution is 8.22. The van der Waals surface area contributed by atoms with Gasteiger partial charge in [0.1, 0.15) is 4.32 Å². The van der Waals surface area contributed by atoms with Gasteiger partial charge >= 0.3 is 5.97 Å². The first-order chi connectivity index (χ1) is 7.15. The number of hydrogen-bond acceptors (Lipinski definition) is 4. The van der Waals surface area contributed by atoms with E-state index in [4.69, 9.17) is 17.3 Å². The summed E-state index contributed by atoms with van der Waals surface area (Å²) >= 11 is 7.92. The molecule has 15 heavy (non-hydrogen) atoms. The molecule has 0 aliphatic carbocycles. The number of carbonyl (C=O) groups is 1. The van der Waals surface area contributed by atoms with Gasteiger partial charge in [-0.2, -0.15) is 11.3 Å². The number of carboxylic acids is 1. The molecule has 0 aromatic carbocycles. The average molecular weight is 261 g/mol. The van der Waals surface area contributed by atoms with Crippen molar-refractivity contribution in [1.29, 1.82) is 0 Å². The largest absolute Gasteiger partial charge is 0.479 e. The van der Waals surface area contributed by atoms with Crippen LogP contribution in [0, 0.1) is 0 Å². The van der Waals surface area contributed by atoms with E-state index in [1.807, 2.05) is 17.7 Å². The Morgan fingerprint density at radius 3 is 3.00 bits per heavy atom. The smallest absolute Gasteiger partial charge is 0.330 e. The first kappa shape index (κ1) is 12.5. The molecule has 3 nitrogen and oxygen atoms in total. The van der Waals surface area contributed by atoms with Crippen LogP contribution >= 0.6 is 35.3 Å². The summed E-state index contributed by atoms with van der Waals surface area (Å²) in [5.74, 6) is -0.0746. The molecule has 0 aliphatic rings. The van der Waals surface area contributed by atoms with Gasteiger partial charge in [-0.25, -0.2) is 4.79 Å². The molecular formula is C9H11NO2S3. The molecule has 2 N–H and O–H groups in total. The lowest BCUT2D eigenvalue weighted by molar-refractivity contribution is -0.139. The molecule has 0 spiro atoms. The number of carboxylic acid groups (broad SMARTS) is 1. The van der Waals surface area contributed by atoms with Crippen LogP contribution in [0.5, 0.6) is 0 Å². The van der Waals surface area contributed by atoms with Gasteiger partial charge in [-0.3, -0.25) is 0 Å². The van der Waals surface area contributed by atoms with Crippen molar-refractivity contribution in [2.75, 3.05) is 5.75 Å². The van der Waals surface area contributed by atoms with Gasteiger partial charge in [0, 0.05) is 0 Å². The number of thiocarbonyl (C=S) groups is 1. The summed E-state index contributed by atoms with van der Waals surface area (Å²) < 4.78 is 0.524. The second-order valence-corrected chi connectivity index (χ2v) is 5.41. The van der Waals surface area contributed by atoms with Crippen LogP contribution in [0.1, 0.15) is 18.5 Å². The lowest BCUT2D eigenvalue weighted by atomic mass is 10.1. The summed E-state index contributed by atoms with van der Waals surface area (Å²) in [4.78, 5) is 11.0. The number of thiophene rings is 1. The highest BCUT2D eigenvalue weighted by Crippen LogP contribution is 2.18. The van der Waals surface area contributed by atoms with Crippen molar-refractivity contribution in [2.24, 2.45) is 0 Å². The van der Waals surface area contributed by atoms with Crippen molar-refractivity contribution in [3.63, 3.8) is 0 Å². The quantitative estimate of drug-likeness (QED) is 0.816. The molecule has 0 saturated carbocycles. The second-order valence-electron chi connectivity index (χ2n) is 2.69. The molecule has 0 amide bonds. The molecule has 0 bridgehead atoms. The molecule has 1 rings (SSSR count). The standard InChI is InChI=1S/C9H11NO2S3/c1-2-15-9(13)10-7(8(11)12)6-3-4-14-5-6/h3-5,7H,2H2,1H3,(H,10,13)(H,11,12)/t7-/m1/s1. The van der Waals surface area contributed by atoms with Gasteiger partial charge in [0.25, 0.3) is 0 Å². The van der Waals surface area contributed by atoms with Crippen LogP contribution in [0.25, 0.3) is 0 Å². The molecule has 1 aromatic heterocycles. The summed E-state index contributed by atoms with van der Waals surface area (Å²) in [7, 11) is 0. The molecule has 0 unspecified atom stereocenters. The average Bonchev–Trinajstić information content (AvgIpc) is 2.66. The summed E-state index contributed by atoms with van der Waals surface area (Å²) in [6.45, 7) is 1.97. The van der Waals surface area contributed by atoms with E-state index in [9.17, 15) is 4.79 Å². The van der Waals surface area contributed by atoms with Crippen molar-refractivity contribution in [2.45, 2.75) is 13.0 Å². The van der Waals surface area contributed by atoms with Crippen molar-refractivity contribution in [3.8, 4) is 0 Å². The van der Waals surface area contributed by atoms with Crippen molar-refractivity contribution in [3.05, 3.63) is 22.4 Å². The number of thioether (sulfide) groups is 1. The summed E-state index contributed by atoms with van der Waals surface area (Å²) in [5.41, 5.74) is 0.742. The van der Waals surface area contributed by atoms with Gasteiger partial charge in [0.05, 0.1) is 0 Å². The van der Waals surface area contributed by atoms with Gasteiger partial charge in [-0.15, -0.1) is 0 Å². The first-order valence-corrected chi connectivity index (χ1v) is 6.67. The third-order valence-corrected chi connectivity index (χ3v) is 3.50. The molecule has 0 radical (unpaired) electrons. The van der Waals surface area contributed by atoms with E-state index >= 15 is 0 Å². The maximum absolute atomic E-state index is 11.0. The minimum Gasteiger partial charge on any atom is -0.479 e. The van der Waals surface area contributed by atoms with E-state index in [2.05, 4.69) is 5.32 Å². The maximum atomic E-state index is 11.0. The van der Waals surface area contributed by atoms with Crippen molar-refractivity contribution in [1.82, 2.24) is 5.32 Å². The summed E-state index contributed by atoms with van der Waals surface area (Å²) in [5, 5.41) is 15.5. The maximum Gasteiger partial charge on any atom is 0.330 e. The van der Waals surface area contributed by atoms with Gasteiger partial charge < -0.3 is 10.4 Å². The topological polar surface area (TPSA) is 49.3 Å². The van der Waals surface area contributed by atoms with Gasteiger partial charge in [0.15, 0.2) is 6.04 Å². The number of aliphatic carboxylic acids is 1. The highest BCUT2D eigenvalue weighted by Gasteiger charge is 2.20. The fourth-order valence-electron chi connectivity index (χ4n) is 1.02. The fraction of sp³-hybridized carbons (Fsp3) is 0.333. The van der Waals surface area contributed by atoms with Crippen molar-refractivity contribution < 1.29 is 9.90 Å². The first-order valence-electron chi connectivity index (χ1n) is 4.33. The zero-order valence-corrected chi connectivity index (χ0v) is 10.5. The van der Waals surface area contributed by atoms with E-state index in [1.54, 1.807) is 6.07 Å². The third kappa shape index (κ3) is 3.81. The van der Waals surface area contributed by atoms with Gasteiger partial charge in [0.2, 0.25) is 0 Å². The van der Waals surface area contributed by atoms with Crippen LogP contribution in [0.2, 0.25) is 0 Å². The lowest BCUT2D eigenvalue weighted by Crippen LogP contribution is -2.30. The molecule has 0 fully saturated rings. The monoisotopic (exact) mass is 261 g/mol. The van der Waals surface area contributed by atoms with E-state index in [0.29, 0.717) is 4.32 Å². The molecule has 6 heteroatoms. The lowest BCUT2D eigenvalue weighted by Gasteiger charge is -2.14. The van der Waals surface area contributed by atoms with E-state index in [0.717, 1.165) is 11.3 Å². The van der Waals surface area contributed by atoms with Crippen molar-refractivity contribution >= 4 is 45.6 Å². The number of nitrogens with one attached hydrogen (secondary N) is 1. The molecular weight excluding hydrogens is 250 g/mol. The SMILES string of the molecule is CCSC(=S)N[C@@H](C(=O)O)c1ccsc1. The Kier molecular flexibility index (Phi) is 5.07.